The van der Waals surface area contributed by atoms with Crippen molar-refractivity contribution >= 4 is 50.5 Å². The van der Waals surface area contributed by atoms with Gasteiger partial charge in [-0.3, -0.25) is 19.3 Å². The van der Waals surface area contributed by atoms with E-state index in [-0.39, 0.29) is 18.3 Å². The Morgan fingerprint density at radius 3 is 2.42 bits per heavy atom. The van der Waals surface area contributed by atoms with Crippen molar-refractivity contribution < 1.29 is 23.1 Å². The molecule has 1 aromatic carbocycles. The van der Waals surface area contributed by atoms with Gasteiger partial charge in [0, 0.05) is 48.9 Å². The second kappa shape index (κ2) is 10.0. The molecule has 2 aromatic heterocycles. The molecule has 12 heteroatoms. The van der Waals surface area contributed by atoms with Crippen molar-refractivity contribution in [1.82, 2.24) is 14.9 Å². The molecule has 11 nitrogen and oxygen atoms in total. The lowest BCUT2D eigenvalue weighted by Gasteiger charge is -2.44. The van der Waals surface area contributed by atoms with Gasteiger partial charge in [-0.2, -0.15) is 0 Å². The first-order valence-corrected chi connectivity index (χ1v) is 15.0. The van der Waals surface area contributed by atoms with E-state index in [1.807, 2.05) is 45.5 Å². The standard InChI is InChI=1S/C27H32N6O3S.CH2O2/c1-16-8-9-27(16)24-20-10-17(6-7-21(20)28-13-23(24)32(4)26(27)34)18-11-22(30-37(5,35)36)25(29-12-18)33-14-19(15-33)31(2)3;2-1-3/h6-7,10-13,16,19,30H,8-9,14-15H2,1-5H3;1H,(H,2,3). The van der Waals surface area contributed by atoms with E-state index in [9.17, 15) is 13.2 Å². The Labute approximate surface area is 233 Å². The Morgan fingerprint density at radius 1 is 1.15 bits per heavy atom. The van der Waals surface area contributed by atoms with E-state index in [4.69, 9.17) is 14.9 Å². The van der Waals surface area contributed by atoms with Crippen LogP contribution in [0.25, 0.3) is 22.0 Å². The molecule has 3 aliphatic rings. The van der Waals surface area contributed by atoms with Crippen molar-refractivity contribution in [2.75, 3.05) is 55.0 Å². The highest BCUT2D eigenvalue weighted by Gasteiger charge is 2.58. The molecule has 2 unspecified atom stereocenters. The summed E-state index contributed by atoms with van der Waals surface area (Å²) in [4.78, 5) is 37.1. The third-order valence-electron chi connectivity index (χ3n) is 8.54. The maximum atomic E-state index is 13.4. The van der Waals surface area contributed by atoms with Crippen LogP contribution in [0.1, 0.15) is 25.3 Å². The predicted octanol–water partition coefficient (Wildman–Crippen LogP) is 2.76. The molecule has 1 amide bonds. The molecule has 0 radical (unpaired) electrons. The number of carbonyl (C=O) groups is 2. The Morgan fingerprint density at radius 2 is 1.85 bits per heavy atom. The van der Waals surface area contributed by atoms with Crippen LogP contribution in [0, 0.1) is 5.92 Å². The molecule has 0 bridgehead atoms. The van der Waals surface area contributed by atoms with Crippen LogP contribution in [0.2, 0.25) is 0 Å². The van der Waals surface area contributed by atoms with Crippen LogP contribution in [-0.2, 0) is 25.0 Å². The van der Waals surface area contributed by atoms with Crippen LogP contribution in [0.15, 0.2) is 36.7 Å². The average Bonchev–Trinajstić information content (AvgIpc) is 3.10. The van der Waals surface area contributed by atoms with Gasteiger partial charge in [0.15, 0.2) is 5.82 Å². The molecule has 2 fully saturated rings. The summed E-state index contributed by atoms with van der Waals surface area (Å²) in [5, 5.41) is 7.86. The minimum atomic E-state index is -3.50. The summed E-state index contributed by atoms with van der Waals surface area (Å²) in [6.07, 6.45) is 6.63. The number of fused-ring (bicyclic) bond motifs is 4. The quantitative estimate of drug-likeness (QED) is 0.447. The highest BCUT2D eigenvalue weighted by molar-refractivity contribution is 7.92. The van der Waals surface area contributed by atoms with Crippen molar-refractivity contribution in [2.45, 2.75) is 31.2 Å². The Hall–Kier alpha value is -3.77. The molecule has 1 aliphatic carbocycles. The Balaban J connectivity index is 0.00000103. The summed E-state index contributed by atoms with van der Waals surface area (Å²) >= 11 is 0. The van der Waals surface area contributed by atoms with E-state index in [1.165, 1.54) is 0 Å². The van der Waals surface area contributed by atoms with Gasteiger partial charge >= 0.3 is 0 Å². The van der Waals surface area contributed by atoms with Crippen LogP contribution in [0.4, 0.5) is 17.2 Å². The van der Waals surface area contributed by atoms with Gasteiger partial charge in [0.05, 0.1) is 34.8 Å². The number of likely N-dealkylation sites (N-methyl/N-ethyl adjacent to an activating group) is 2. The Kier molecular flexibility index (Phi) is 6.95. The molecular weight excluding hydrogens is 532 g/mol. The van der Waals surface area contributed by atoms with Crippen LogP contribution >= 0.6 is 0 Å². The second-order valence-electron chi connectivity index (χ2n) is 11.1. The highest BCUT2D eigenvalue weighted by atomic mass is 32.2. The number of amides is 1. The minimum absolute atomic E-state index is 0.150. The Bertz CT molecular complexity index is 1600. The van der Waals surface area contributed by atoms with Crippen molar-refractivity contribution in [3.8, 4) is 11.1 Å². The molecule has 212 valence electrons. The van der Waals surface area contributed by atoms with Crippen LogP contribution < -0.4 is 14.5 Å². The summed E-state index contributed by atoms with van der Waals surface area (Å²) < 4.78 is 27.1. The SMILES string of the molecule is CC1CCC12C(=O)N(C)c1cnc3ccc(-c4cnc(N5CC(N(C)C)C5)c(NS(C)(=O)=O)c4)cc3c12.O=CO. The molecule has 2 N–H and O–H groups in total. The van der Waals surface area contributed by atoms with E-state index in [2.05, 4.69) is 32.5 Å². The lowest BCUT2D eigenvalue weighted by molar-refractivity contribution is -0.128. The van der Waals surface area contributed by atoms with Crippen LogP contribution in [0.3, 0.4) is 0 Å². The fourth-order valence-corrected chi connectivity index (χ4v) is 6.66. The summed E-state index contributed by atoms with van der Waals surface area (Å²) in [7, 11) is 2.42. The largest absolute Gasteiger partial charge is 0.483 e. The minimum Gasteiger partial charge on any atom is -0.483 e. The van der Waals surface area contributed by atoms with Gasteiger partial charge in [0.2, 0.25) is 15.9 Å². The average molecular weight is 567 g/mol. The number of hydrogen-bond donors (Lipinski definition) is 2. The molecule has 2 aliphatic heterocycles. The van der Waals surface area contributed by atoms with Crippen molar-refractivity contribution in [1.29, 1.82) is 0 Å². The number of rotatable bonds is 5. The smallest absolute Gasteiger partial charge is 0.290 e. The number of aromatic nitrogens is 2. The number of pyridine rings is 2. The van der Waals surface area contributed by atoms with Crippen molar-refractivity contribution in [2.24, 2.45) is 5.92 Å². The monoisotopic (exact) mass is 566 g/mol. The number of hydrogen-bond acceptors (Lipinski definition) is 8. The molecule has 1 saturated heterocycles. The normalized spacial score (nSPS) is 22.1. The third-order valence-corrected chi connectivity index (χ3v) is 9.13. The summed E-state index contributed by atoms with van der Waals surface area (Å²) in [5.74, 6) is 1.05. The first-order valence-electron chi connectivity index (χ1n) is 13.1. The molecular formula is C28H34N6O5S. The summed E-state index contributed by atoms with van der Waals surface area (Å²) in [6, 6.07) is 8.28. The molecule has 3 aromatic rings. The molecule has 1 saturated carbocycles. The van der Waals surface area contributed by atoms with Crippen molar-refractivity contribution in [3.05, 3.63) is 42.2 Å². The zero-order chi connectivity index (χ0) is 29.0. The molecule has 1 spiro atoms. The topological polar surface area (TPSA) is 136 Å². The number of anilines is 3. The summed E-state index contributed by atoms with van der Waals surface area (Å²) in [6.45, 7) is 3.48. The van der Waals surface area contributed by atoms with Gasteiger partial charge in [-0.05, 0) is 56.6 Å². The van der Waals surface area contributed by atoms with Crippen LogP contribution in [-0.4, -0.2) is 87.3 Å². The number of nitrogens with one attached hydrogen (secondary N) is 1. The van der Waals surface area contributed by atoms with Gasteiger partial charge in [-0.1, -0.05) is 13.0 Å². The van der Waals surface area contributed by atoms with E-state index in [1.54, 1.807) is 11.1 Å². The lowest BCUT2D eigenvalue weighted by Crippen LogP contribution is -2.57. The second-order valence-corrected chi connectivity index (χ2v) is 12.9. The number of carbonyl (C=O) groups excluding carboxylic acids is 1. The number of benzene rings is 1. The first-order chi connectivity index (χ1) is 18.9. The van der Waals surface area contributed by atoms with E-state index < -0.39 is 15.4 Å². The third kappa shape index (κ3) is 4.44. The maximum Gasteiger partial charge on any atom is 0.290 e. The number of sulfonamides is 1. The lowest BCUT2D eigenvalue weighted by atomic mass is 9.57. The summed E-state index contributed by atoms with van der Waals surface area (Å²) in [5.41, 5.74) is 4.47. The van der Waals surface area contributed by atoms with E-state index >= 15 is 0 Å². The van der Waals surface area contributed by atoms with Gasteiger partial charge < -0.3 is 19.8 Å². The highest BCUT2D eigenvalue weighted by Crippen LogP contribution is 2.58. The molecule has 2 atom stereocenters. The van der Waals surface area contributed by atoms with E-state index in [0.717, 1.165) is 65.5 Å². The zero-order valence-corrected chi connectivity index (χ0v) is 24.1. The molecule has 6 rings (SSSR count). The zero-order valence-electron chi connectivity index (χ0n) is 23.2. The van der Waals surface area contributed by atoms with Gasteiger partial charge in [-0.15, -0.1) is 0 Å². The van der Waals surface area contributed by atoms with E-state index in [0.29, 0.717) is 17.5 Å². The number of carboxylic acid groups (broad SMARTS) is 1. The fourth-order valence-electron chi connectivity index (χ4n) is 6.11. The van der Waals surface area contributed by atoms with Crippen LogP contribution in [0.5, 0.6) is 0 Å². The molecule has 4 heterocycles. The van der Waals surface area contributed by atoms with Crippen molar-refractivity contribution in [3.63, 3.8) is 0 Å². The van der Waals surface area contributed by atoms with Gasteiger partial charge in [0.25, 0.3) is 6.47 Å². The fraction of sp³-hybridized carbons (Fsp3) is 0.429. The number of nitrogens with zero attached hydrogens (tertiary/aromatic N) is 5. The first kappa shape index (κ1) is 27.8. The predicted molar refractivity (Wildman–Crippen MR) is 155 cm³/mol. The maximum absolute atomic E-state index is 13.4. The van der Waals surface area contributed by atoms with Gasteiger partial charge in [0.1, 0.15) is 0 Å². The van der Waals surface area contributed by atoms with Gasteiger partial charge in [-0.25, -0.2) is 13.4 Å². The molecule has 40 heavy (non-hydrogen) atoms.